The third-order valence-corrected chi connectivity index (χ3v) is 2.87. The van der Waals surface area contributed by atoms with Gasteiger partial charge < -0.3 is 9.88 Å². The van der Waals surface area contributed by atoms with E-state index in [-0.39, 0.29) is 5.41 Å². The summed E-state index contributed by atoms with van der Waals surface area (Å²) in [7, 11) is 0. The fourth-order valence-corrected chi connectivity index (χ4v) is 2.01. The molecule has 0 aliphatic heterocycles. The van der Waals surface area contributed by atoms with E-state index in [0.29, 0.717) is 5.92 Å². The van der Waals surface area contributed by atoms with Crippen LogP contribution in [-0.4, -0.2) is 22.6 Å². The van der Waals surface area contributed by atoms with Crippen molar-refractivity contribution in [2.24, 2.45) is 11.3 Å². The first kappa shape index (κ1) is 14.2. The van der Waals surface area contributed by atoms with Gasteiger partial charge in [-0.2, -0.15) is 0 Å². The van der Waals surface area contributed by atoms with Crippen LogP contribution in [0.15, 0.2) is 12.4 Å². The maximum Gasteiger partial charge on any atom is 0.108 e. The van der Waals surface area contributed by atoms with Crippen LogP contribution in [0.1, 0.15) is 40.4 Å². The molecule has 1 heterocycles. The van der Waals surface area contributed by atoms with E-state index in [4.69, 9.17) is 0 Å². The van der Waals surface area contributed by atoms with E-state index in [0.717, 1.165) is 26.1 Å². The Bertz CT molecular complexity index is 326. The van der Waals surface area contributed by atoms with Crippen molar-refractivity contribution >= 4 is 0 Å². The average molecular weight is 237 g/mol. The first-order valence-corrected chi connectivity index (χ1v) is 6.65. The minimum absolute atomic E-state index is 0.263. The topological polar surface area (TPSA) is 29.9 Å². The van der Waals surface area contributed by atoms with Crippen molar-refractivity contribution in [1.82, 2.24) is 14.9 Å². The normalized spacial score (nSPS) is 12.4. The number of rotatable bonds is 7. The third kappa shape index (κ3) is 4.90. The zero-order valence-electron chi connectivity index (χ0n) is 12.0. The van der Waals surface area contributed by atoms with Gasteiger partial charge in [0.2, 0.25) is 0 Å². The highest BCUT2D eigenvalue weighted by molar-refractivity contribution is 4.93. The minimum Gasteiger partial charge on any atom is -0.334 e. The second-order valence-electron chi connectivity index (χ2n) is 6.01. The quantitative estimate of drug-likeness (QED) is 0.790. The predicted molar refractivity (Wildman–Crippen MR) is 73.1 cm³/mol. The lowest BCUT2D eigenvalue weighted by Gasteiger charge is -2.27. The molecule has 0 saturated carbocycles. The highest BCUT2D eigenvalue weighted by Gasteiger charge is 2.19. The van der Waals surface area contributed by atoms with Gasteiger partial charge in [-0.15, -0.1) is 0 Å². The lowest BCUT2D eigenvalue weighted by atomic mass is 9.93. The maximum absolute atomic E-state index is 4.37. The molecule has 0 amide bonds. The van der Waals surface area contributed by atoms with Crippen LogP contribution in [0.3, 0.4) is 0 Å². The molecule has 98 valence electrons. The zero-order valence-corrected chi connectivity index (χ0v) is 12.0. The van der Waals surface area contributed by atoms with Crippen LogP contribution in [0.2, 0.25) is 0 Å². The monoisotopic (exact) mass is 237 g/mol. The van der Waals surface area contributed by atoms with Crippen molar-refractivity contribution in [3.8, 4) is 0 Å². The van der Waals surface area contributed by atoms with Gasteiger partial charge in [-0.1, -0.05) is 34.6 Å². The highest BCUT2D eigenvalue weighted by Crippen LogP contribution is 2.18. The Hall–Kier alpha value is -0.830. The number of nitrogens with one attached hydrogen (secondary N) is 1. The average Bonchev–Trinajstić information content (AvgIpc) is 2.63. The fourth-order valence-electron chi connectivity index (χ4n) is 2.01. The van der Waals surface area contributed by atoms with Crippen LogP contribution in [-0.2, 0) is 13.0 Å². The summed E-state index contributed by atoms with van der Waals surface area (Å²) in [6, 6.07) is 0. The van der Waals surface area contributed by atoms with Crippen molar-refractivity contribution in [2.45, 2.75) is 47.6 Å². The van der Waals surface area contributed by atoms with E-state index >= 15 is 0 Å². The third-order valence-electron chi connectivity index (χ3n) is 2.87. The molecule has 1 rings (SSSR count). The summed E-state index contributed by atoms with van der Waals surface area (Å²) in [5.41, 5.74) is 0.263. The number of nitrogens with zero attached hydrogens (tertiary/aromatic N) is 2. The van der Waals surface area contributed by atoms with Crippen LogP contribution >= 0.6 is 0 Å². The van der Waals surface area contributed by atoms with Gasteiger partial charge in [-0.05, 0) is 17.9 Å². The number of hydrogen-bond acceptors (Lipinski definition) is 2. The van der Waals surface area contributed by atoms with Crippen molar-refractivity contribution in [3.63, 3.8) is 0 Å². The molecule has 0 atom stereocenters. The van der Waals surface area contributed by atoms with Gasteiger partial charge in [-0.3, -0.25) is 0 Å². The molecule has 0 saturated heterocycles. The zero-order chi connectivity index (χ0) is 12.9. The van der Waals surface area contributed by atoms with E-state index in [1.807, 2.05) is 6.20 Å². The molecule has 0 spiro atoms. The number of hydrogen-bond donors (Lipinski definition) is 1. The van der Waals surface area contributed by atoms with E-state index in [1.54, 1.807) is 0 Å². The summed E-state index contributed by atoms with van der Waals surface area (Å²) < 4.78 is 2.27. The van der Waals surface area contributed by atoms with E-state index in [2.05, 4.69) is 55.7 Å². The van der Waals surface area contributed by atoms with Gasteiger partial charge in [-0.25, -0.2) is 4.98 Å². The number of aromatic nitrogens is 2. The molecule has 0 unspecified atom stereocenters. The summed E-state index contributed by atoms with van der Waals surface area (Å²) in [4.78, 5) is 4.37. The molecule has 0 radical (unpaired) electrons. The van der Waals surface area contributed by atoms with Crippen molar-refractivity contribution < 1.29 is 0 Å². The minimum atomic E-state index is 0.263. The molecule has 17 heavy (non-hydrogen) atoms. The molecule has 0 aromatic carbocycles. The number of imidazole rings is 1. The SMILES string of the molecule is CCc1nccn1CC(C)(C)CNCC(C)C. The molecule has 0 fully saturated rings. The molecular weight excluding hydrogens is 210 g/mol. The summed E-state index contributed by atoms with van der Waals surface area (Å²) in [6.45, 7) is 14.4. The Balaban J connectivity index is 2.48. The van der Waals surface area contributed by atoms with Crippen molar-refractivity contribution in [3.05, 3.63) is 18.2 Å². The molecule has 1 N–H and O–H groups in total. The van der Waals surface area contributed by atoms with Crippen LogP contribution in [0.25, 0.3) is 0 Å². The Morgan fingerprint density at radius 3 is 2.71 bits per heavy atom. The summed E-state index contributed by atoms with van der Waals surface area (Å²) in [6.07, 6.45) is 4.99. The molecular formula is C14H27N3. The van der Waals surface area contributed by atoms with E-state index in [9.17, 15) is 0 Å². The molecule has 3 nitrogen and oxygen atoms in total. The van der Waals surface area contributed by atoms with Crippen LogP contribution in [0, 0.1) is 11.3 Å². The van der Waals surface area contributed by atoms with Gasteiger partial charge in [0, 0.05) is 31.9 Å². The van der Waals surface area contributed by atoms with Crippen LogP contribution in [0.4, 0.5) is 0 Å². The Kier molecular flexibility index (Phi) is 5.19. The Morgan fingerprint density at radius 1 is 1.41 bits per heavy atom. The van der Waals surface area contributed by atoms with Crippen LogP contribution in [0.5, 0.6) is 0 Å². The summed E-state index contributed by atoms with van der Waals surface area (Å²) >= 11 is 0. The molecule has 1 aromatic rings. The second kappa shape index (κ2) is 6.20. The number of aryl methyl sites for hydroxylation is 1. The largest absolute Gasteiger partial charge is 0.334 e. The van der Waals surface area contributed by atoms with Gasteiger partial charge >= 0.3 is 0 Å². The van der Waals surface area contributed by atoms with Gasteiger partial charge in [0.25, 0.3) is 0 Å². The lowest BCUT2D eigenvalue weighted by molar-refractivity contribution is 0.281. The molecule has 3 heteroatoms. The van der Waals surface area contributed by atoms with E-state index in [1.165, 1.54) is 5.82 Å². The second-order valence-corrected chi connectivity index (χ2v) is 6.01. The van der Waals surface area contributed by atoms with Gasteiger partial charge in [0.15, 0.2) is 0 Å². The smallest absolute Gasteiger partial charge is 0.108 e. The van der Waals surface area contributed by atoms with Crippen LogP contribution < -0.4 is 5.32 Å². The van der Waals surface area contributed by atoms with Crippen molar-refractivity contribution in [2.75, 3.05) is 13.1 Å². The van der Waals surface area contributed by atoms with E-state index < -0.39 is 0 Å². The summed E-state index contributed by atoms with van der Waals surface area (Å²) in [5.74, 6) is 1.90. The molecule has 0 aliphatic rings. The Labute approximate surface area is 106 Å². The summed E-state index contributed by atoms with van der Waals surface area (Å²) in [5, 5.41) is 3.54. The fraction of sp³-hybridized carbons (Fsp3) is 0.786. The standard InChI is InChI=1S/C14H27N3/c1-6-13-16-7-8-17(13)11-14(4,5)10-15-9-12(2)3/h7-8,12,15H,6,9-11H2,1-5H3. The predicted octanol–water partition coefficient (Wildman–Crippen LogP) is 2.72. The van der Waals surface area contributed by atoms with Gasteiger partial charge in [0.05, 0.1) is 0 Å². The first-order chi connectivity index (χ1) is 7.94. The highest BCUT2D eigenvalue weighted by atomic mass is 15.1. The molecule has 0 aliphatic carbocycles. The Morgan fingerprint density at radius 2 is 2.12 bits per heavy atom. The maximum atomic E-state index is 4.37. The molecule has 1 aromatic heterocycles. The first-order valence-electron chi connectivity index (χ1n) is 6.65. The molecule has 0 bridgehead atoms. The van der Waals surface area contributed by atoms with Crippen molar-refractivity contribution in [1.29, 1.82) is 0 Å². The lowest BCUT2D eigenvalue weighted by Crippen LogP contribution is -2.35. The van der Waals surface area contributed by atoms with Gasteiger partial charge in [0.1, 0.15) is 5.82 Å².